The fraction of sp³-hybridized carbons (Fsp3) is 0.192. The van der Waals surface area contributed by atoms with Gasteiger partial charge in [0, 0.05) is 0 Å². The lowest BCUT2D eigenvalue weighted by atomic mass is 10.1. The molecule has 0 N–H and O–H groups in total. The largest absolute Gasteiger partial charge is 0.573 e. The molecule has 8 nitrogen and oxygen atoms in total. The molecule has 198 valence electrons. The lowest BCUT2D eigenvalue weighted by Crippen LogP contribution is -2.17. The lowest BCUT2D eigenvalue weighted by molar-refractivity contribution is -0.274. The van der Waals surface area contributed by atoms with Crippen molar-refractivity contribution in [3.05, 3.63) is 83.0 Å². The first-order valence-electron chi connectivity index (χ1n) is 11.2. The van der Waals surface area contributed by atoms with E-state index in [4.69, 9.17) is 25.8 Å². The second-order valence-electron chi connectivity index (χ2n) is 7.79. The zero-order valence-electron chi connectivity index (χ0n) is 20.2. The number of ether oxygens (including phenoxy) is 4. The van der Waals surface area contributed by atoms with Crippen molar-refractivity contribution in [1.29, 1.82) is 0 Å². The van der Waals surface area contributed by atoms with E-state index in [0.29, 0.717) is 22.6 Å². The van der Waals surface area contributed by atoms with Gasteiger partial charge in [0.15, 0.2) is 0 Å². The fourth-order valence-corrected chi connectivity index (χ4v) is 3.61. The van der Waals surface area contributed by atoms with Gasteiger partial charge in [-0.3, -0.25) is 0 Å². The summed E-state index contributed by atoms with van der Waals surface area (Å²) in [6.07, 6.45) is -4.88. The maximum Gasteiger partial charge on any atom is 0.573 e. The first kappa shape index (κ1) is 26.8. The Kier molecular flexibility index (Phi) is 8.06. The van der Waals surface area contributed by atoms with E-state index in [0.717, 1.165) is 5.56 Å². The molecule has 0 radical (unpaired) electrons. The van der Waals surface area contributed by atoms with Gasteiger partial charge in [0.2, 0.25) is 5.69 Å². The maximum absolute atomic E-state index is 12.7. The summed E-state index contributed by atoms with van der Waals surface area (Å²) in [6, 6.07) is 17.8. The molecule has 0 bridgehead atoms. The molecule has 0 spiro atoms. The highest BCUT2D eigenvalue weighted by Gasteiger charge is 2.32. The molecule has 1 aromatic heterocycles. The van der Waals surface area contributed by atoms with E-state index in [1.165, 1.54) is 16.8 Å². The molecule has 0 unspecified atom stereocenters. The van der Waals surface area contributed by atoms with E-state index in [1.54, 1.807) is 56.5 Å². The minimum absolute atomic E-state index is 0.0689. The second kappa shape index (κ2) is 11.4. The third-order valence-corrected chi connectivity index (χ3v) is 5.52. The van der Waals surface area contributed by atoms with Crippen LogP contribution in [0.5, 0.6) is 23.1 Å². The highest BCUT2D eigenvalue weighted by atomic mass is 35.5. The van der Waals surface area contributed by atoms with Gasteiger partial charge in [0.25, 0.3) is 5.88 Å². The van der Waals surface area contributed by atoms with Crippen LogP contribution in [-0.4, -0.2) is 41.0 Å². The maximum atomic E-state index is 12.7. The van der Waals surface area contributed by atoms with Gasteiger partial charge in [-0.15, -0.1) is 18.3 Å². The number of rotatable bonds is 9. The Bertz CT molecular complexity index is 1410. The molecule has 0 atom stereocenters. The summed E-state index contributed by atoms with van der Waals surface area (Å²) in [5.74, 6) is -0.116. The zero-order chi connectivity index (χ0) is 27.3. The van der Waals surface area contributed by atoms with Crippen molar-refractivity contribution in [2.75, 3.05) is 13.7 Å². The van der Waals surface area contributed by atoms with Crippen LogP contribution in [0.15, 0.2) is 66.7 Å². The molecule has 0 aliphatic rings. The highest BCUT2D eigenvalue weighted by molar-refractivity contribution is 6.32. The SMILES string of the molecule is CCOC(=O)c1nnn(Cc2ccc(OC)cc2)c1Oc1ccc(-c2ccc(Cl)c(OC(F)(F)F)c2)cc1. The summed E-state index contributed by atoms with van der Waals surface area (Å²) in [4.78, 5) is 12.5. The van der Waals surface area contributed by atoms with E-state index >= 15 is 0 Å². The van der Waals surface area contributed by atoms with Crippen molar-refractivity contribution in [2.24, 2.45) is 0 Å². The minimum atomic E-state index is -4.88. The van der Waals surface area contributed by atoms with Crippen molar-refractivity contribution >= 4 is 17.6 Å². The molecular weight excluding hydrogens is 527 g/mol. The number of esters is 1. The predicted octanol–water partition coefficient (Wildman–Crippen LogP) is 6.52. The minimum Gasteiger partial charge on any atom is -0.497 e. The summed E-state index contributed by atoms with van der Waals surface area (Å²) in [5, 5.41) is 7.83. The number of aromatic nitrogens is 3. The number of hydrogen-bond acceptors (Lipinski definition) is 7. The van der Waals surface area contributed by atoms with Crippen LogP contribution in [0.25, 0.3) is 11.1 Å². The molecule has 4 rings (SSSR count). The van der Waals surface area contributed by atoms with Crippen molar-refractivity contribution in [3.8, 4) is 34.3 Å². The summed E-state index contributed by atoms with van der Waals surface area (Å²) < 4.78 is 59.7. The van der Waals surface area contributed by atoms with Gasteiger partial charge in [-0.25, -0.2) is 9.48 Å². The number of methoxy groups -OCH3 is 1. The van der Waals surface area contributed by atoms with Crippen LogP contribution in [0.1, 0.15) is 23.0 Å². The van der Waals surface area contributed by atoms with Crippen molar-refractivity contribution in [1.82, 2.24) is 15.0 Å². The zero-order valence-corrected chi connectivity index (χ0v) is 20.9. The molecule has 0 aliphatic carbocycles. The molecular formula is C26H21ClF3N3O5. The van der Waals surface area contributed by atoms with Crippen LogP contribution in [0.3, 0.4) is 0 Å². The van der Waals surface area contributed by atoms with Gasteiger partial charge in [0.1, 0.15) is 17.2 Å². The Balaban J connectivity index is 1.60. The van der Waals surface area contributed by atoms with Crippen molar-refractivity contribution in [3.63, 3.8) is 0 Å². The predicted molar refractivity (Wildman–Crippen MR) is 132 cm³/mol. The Morgan fingerprint density at radius 3 is 2.26 bits per heavy atom. The molecule has 0 amide bonds. The second-order valence-corrected chi connectivity index (χ2v) is 8.20. The Morgan fingerprint density at radius 1 is 0.974 bits per heavy atom. The highest BCUT2D eigenvalue weighted by Crippen LogP contribution is 2.35. The van der Waals surface area contributed by atoms with E-state index < -0.39 is 18.1 Å². The van der Waals surface area contributed by atoms with E-state index in [9.17, 15) is 18.0 Å². The van der Waals surface area contributed by atoms with Crippen LogP contribution >= 0.6 is 11.6 Å². The normalized spacial score (nSPS) is 11.2. The smallest absolute Gasteiger partial charge is 0.497 e. The number of halogens is 4. The first-order valence-corrected chi connectivity index (χ1v) is 11.6. The molecule has 0 saturated heterocycles. The first-order chi connectivity index (χ1) is 18.2. The summed E-state index contributed by atoms with van der Waals surface area (Å²) in [6.45, 7) is 2.05. The monoisotopic (exact) mass is 547 g/mol. The standard InChI is InChI=1S/C26H21ClF3N3O5/c1-3-36-25(34)23-24(33(32-31-23)15-16-4-9-19(35-2)10-5-16)37-20-11-6-17(7-12-20)18-8-13-21(27)22(14-18)38-26(28,29)30/h4-14H,3,15H2,1-2H3. The molecule has 4 aromatic rings. The van der Waals surface area contributed by atoms with Crippen LogP contribution < -0.4 is 14.2 Å². The van der Waals surface area contributed by atoms with E-state index in [1.807, 2.05) is 12.1 Å². The third kappa shape index (κ3) is 6.54. The number of nitrogens with zero attached hydrogens (tertiary/aromatic N) is 3. The van der Waals surface area contributed by atoms with Crippen LogP contribution in [0, 0.1) is 0 Å². The molecule has 3 aromatic carbocycles. The Hall–Kier alpha value is -4.25. The summed E-state index contributed by atoms with van der Waals surface area (Å²) in [7, 11) is 1.57. The van der Waals surface area contributed by atoms with Gasteiger partial charge < -0.3 is 18.9 Å². The van der Waals surface area contributed by atoms with Crippen LogP contribution in [0.2, 0.25) is 5.02 Å². The summed E-state index contributed by atoms with van der Waals surface area (Å²) >= 11 is 5.84. The average Bonchev–Trinajstić information content (AvgIpc) is 3.27. The third-order valence-electron chi connectivity index (χ3n) is 5.21. The van der Waals surface area contributed by atoms with Crippen LogP contribution in [-0.2, 0) is 11.3 Å². The molecule has 12 heteroatoms. The van der Waals surface area contributed by atoms with Gasteiger partial charge in [-0.05, 0) is 60.0 Å². The summed E-state index contributed by atoms with van der Waals surface area (Å²) in [5.41, 5.74) is 1.78. The molecule has 0 fully saturated rings. The Labute approximate surface area is 220 Å². The van der Waals surface area contributed by atoms with Gasteiger partial charge in [-0.1, -0.05) is 47.1 Å². The molecule has 0 saturated carbocycles. The number of carbonyl (C=O) groups is 1. The molecule has 0 aliphatic heterocycles. The number of benzene rings is 3. The molecule has 38 heavy (non-hydrogen) atoms. The fourth-order valence-electron chi connectivity index (χ4n) is 3.45. The van der Waals surface area contributed by atoms with E-state index in [2.05, 4.69) is 15.0 Å². The number of hydrogen-bond donors (Lipinski definition) is 0. The van der Waals surface area contributed by atoms with Crippen LogP contribution in [0.4, 0.5) is 13.2 Å². The van der Waals surface area contributed by atoms with Gasteiger partial charge in [-0.2, -0.15) is 0 Å². The lowest BCUT2D eigenvalue weighted by Gasteiger charge is -2.13. The average molecular weight is 548 g/mol. The topological polar surface area (TPSA) is 84.7 Å². The number of alkyl halides is 3. The quantitative estimate of drug-likeness (QED) is 0.220. The number of carbonyl (C=O) groups excluding carboxylic acids is 1. The van der Waals surface area contributed by atoms with E-state index in [-0.39, 0.29) is 29.7 Å². The van der Waals surface area contributed by atoms with Gasteiger partial charge in [0.05, 0.1) is 25.3 Å². The Morgan fingerprint density at radius 2 is 1.63 bits per heavy atom. The van der Waals surface area contributed by atoms with Crippen molar-refractivity contribution < 1.29 is 36.9 Å². The molecule has 1 heterocycles. The van der Waals surface area contributed by atoms with Gasteiger partial charge >= 0.3 is 12.3 Å². The van der Waals surface area contributed by atoms with Crippen molar-refractivity contribution in [2.45, 2.75) is 19.8 Å².